The van der Waals surface area contributed by atoms with Crippen molar-refractivity contribution in [2.24, 2.45) is 0 Å². The van der Waals surface area contributed by atoms with E-state index in [0.717, 1.165) is 5.56 Å². The van der Waals surface area contributed by atoms with Crippen molar-refractivity contribution in [1.82, 2.24) is 0 Å². The van der Waals surface area contributed by atoms with E-state index in [0.29, 0.717) is 0 Å². The molecule has 2 aromatic rings. The van der Waals surface area contributed by atoms with Crippen LogP contribution in [0.4, 0.5) is 22.0 Å². The first-order chi connectivity index (χ1) is 10.7. The molecule has 0 aliphatic carbocycles. The lowest BCUT2D eigenvalue weighted by atomic mass is 10.0. The van der Waals surface area contributed by atoms with Crippen molar-refractivity contribution in [3.8, 4) is 5.75 Å². The standard InChI is InChI=1S/C16H11F5O2/c1-7(2)8-3-5-9(6-4-8)23-16(22)10-11(17)13(19)15(21)14(20)12(10)18/h3-7H,1-2H3. The molecule has 0 aliphatic rings. The maximum atomic E-state index is 13.5. The van der Waals surface area contributed by atoms with Gasteiger partial charge in [0.2, 0.25) is 5.82 Å². The highest BCUT2D eigenvalue weighted by molar-refractivity contribution is 5.91. The van der Waals surface area contributed by atoms with Gasteiger partial charge in [0.05, 0.1) is 0 Å². The highest BCUT2D eigenvalue weighted by Crippen LogP contribution is 2.25. The molecular formula is C16H11F5O2. The average Bonchev–Trinajstić information content (AvgIpc) is 2.51. The van der Waals surface area contributed by atoms with Crippen LogP contribution in [-0.2, 0) is 0 Å². The Balaban J connectivity index is 2.35. The van der Waals surface area contributed by atoms with E-state index in [1.54, 1.807) is 12.1 Å². The van der Waals surface area contributed by atoms with Crippen molar-refractivity contribution in [2.75, 3.05) is 0 Å². The summed E-state index contributed by atoms with van der Waals surface area (Å²) in [6, 6.07) is 5.95. The molecule has 0 atom stereocenters. The Labute approximate surface area is 128 Å². The van der Waals surface area contributed by atoms with Gasteiger partial charge in [0.25, 0.3) is 0 Å². The predicted octanol–water partition coefficient (Wildman–Crippen LogP) is 4.72. The molecule has 0 aliphatic heterocycles. The molecule has 0 N–H and O–H groups in total. The first-order valence-corrected chi connectivity index (χ1v) is 6.57. The van der Waals surface area contributed by atoms with Gasteiger partial charge < -0.3 is 4.74 Å². The maximum absolute atomic E-state index is 13.5. The Morgan fingerprint density at radius 1 is 0.826 bits per heavy atom. The fourth-order valence-corrected chi connectivity index (χ4v) is 1.86. The number of ether oxygens (including phenoxy) is 1. The number of hydrogen-bond donors (Lipinski definition) is 0. The van der Waals surface area contributed by atoms with E-state index in [-0.39, 0.29) is 11.7 Å². The van der Waals surface area contributed by atoms with Crippen LogP contribution < -0.4 is 4.74 Å². The van der Waals surface area contributed by atoms with E-state index < -0.39 is 40.6 Å². The number of halogens is 5. The van der Waals surface area contributed by atoms with Crippen molar-refractivity contribution in [1.29, 1.82) is 0 Å². The SMILES string of the molecule is CC(C)c1ccc(OC(=O)c2c(F)c(F)c(F)c(F)c2F)cc1. The highest BCUT2D eigenvalue weighted by Gasteiger charge is 2.30. The molecule has 0 fully saturated rings. The van der Waals surface area contributed by atoms with Crippen molar-refractivity contribution >= 4 is 5.97 Å². The number of benzene rings is 2. The first-order valence-electron chi connectivity index (χ1n) is 6.57. The molecule has 23 heavy (non-hydrogen) atoms. The predicted molar refractivity (Wildman–Crippen MR) is 71.7 cm³/mol. The zero-order valence-corrected chi connectivity index (χ0v) is 12.1. The molecular weight excluding hydrogens is 319 g/mol. The first kappa shape index (κ1) is 16.9. The zero-order valence-electron chi connectivity index (χ0n) is 12.1. The molecule has 0 unspecified atom stereocenters. The lowest BCUT2D eigenvalue weighted by Gasteiger charge is -2.09. The highest BCUT2D eigenvalue weighted by atomic mass is 19.2. The van der Waals surface area contributed by atoms with Crippen molar-refractivity contribution < 1.29 is 31.5 Å². The largest absolute Gasteiger partial charge is 0.423 e. The Hall–Kier alpha value is -2.44. The molecule has 122 valence electrons. The lowest BCUT2D eigenvalue weighted by Crippen LogP contribution is -2.17. The molecule has 2 nitrogen and oxygen atoms in total. The van der Waals surface area contributed by atoms with Crippen molar-refractivity contribution in [3.63, 3.8) is 0 Å². The number of carbonyl (C=O) groups is 1. The number of rotatable bonds is 3. The van der Waals surface area contributed by atoms with E-state index >= 15 is 0 Å². The number of hydrogen-bond acceptors (Lipinski definition) is 2. The number of esters is 1. The Morgan fingerprint density at radius 3 is 1.70 bits per heavy atom. The molecule has 0 bridgehead atoms. The van der Waals surface area contributed by atoms with E-state index in [4.69, 9.17) is 0 Å². The summed E-state index contributed by atoms with van der Waals surface area (Å²) in [5.74, 6) is -12.8. The van der Waals surface area contributed by atoms with Gasteiger partial charge in [0.1, 0.15) is 11.3 Å². The van der Waals surface area contributed by atoms with E-state index in [1.165, 1.54) is 12.1 Å². The summed E-state index contributed by atoms with van der Waals surface area (Å²) in [5.41, 5.74) is -0.713. The van der Waals surface area contributed by atoms with Crippen LogP contribution in [0, 0.1) is 29.1 Å². The van der Waals surface area contributed by atoms with Crippen LogP contribution in [0.5, 0.6) is 5.75 Å². The van der Waals surface area contributed by atoms with Crippen molar-refractivity contribution in [3.05, 3.63) is 64.5 Å². The summed E-state index contributed by atoms with van der Waals surface area (Å²) < 4.78 is 70.8. The third kappa shape index (κ3) is 3.18. The molecule has 0 spiro atoms. The minimum absolute atomic E-state index is 0.0802. The summed E-state index contributed by atoms with van der Waals surface area (Å²) in [5, 5.41) is 0. The third-order valence-corrected chi connectivity index (χ3v) is 3.17. The molecule has 7 heteroatoms. The zero-order chi connectivity index (χ0) is 17.3. The topological polar surface area (TPSA) is 26.3 Å². The van der Waals surface area contributed by atoms with Gasteiger partial charge in [-0.05, 0) is 23.6 Å². The summed E-state index contributed by atoms with van der Waals surface area (Å²) in [4.78, 5) is 11.7. The molecule has 0 saturated heterocycles. The smallest absolute Gasteiger partial charge is 0.349 e. The molecule has 0 aromatic heterocycles. The van der Waals surface area contributed by atoms with Gasteiger partial charge in [-0.2, -0.15) is 0 Å². The van der Waals surface area contributed by atoms with Crippen LogP contribution in [0.15, 0.2) is 24.3 Å². The summed E-state index contributed by atoms with van der Waals surface area (Å²) >= 11 is 0. The Bertz CT molecular complexity index is 725. The summed E-state index contributed by atoms with van der Waals surface area (Å²) in [6.07, 6.45) is 0. The maximum Gasteiger partial charge on any atom is 0.349 e. The second-order valence-corrected chi connectivity index (χ2v) is 5.06. The van der Waals surface area contributed by atoms with E-state index in [2.05, 4.69) is 4.74 Å². The van der Waals surface area contributed by atoms with Gasteiger partial charge in [-0.1, -0.05) is 26.0 Å². The minimum atomic E-state index is -2.34. The van der Waals surface area contributed by atoms with E-state index in [1.807, 2.05) is 13.8 Å². The fourth-order valence-electron chi connectivity index (χ4n) is 1.86. The number of carbonyl (C=O) groups excluding carboxylic acids is 1. The van der Waals surface area contributed by atoms with Crippen molar-refractivity contribution in [2.45, 2.75) is 19.8 Å². The van der Waals surface area contributed by atoms with Crippen LogP contribution in [0.2, 0.25) is 0 Å². The van der Waals surface area contributed by atoms with Crippen LogP contribution in [0.3, 0.4) is 0 Å². The summed E-state index contributed by atoms with van der Waals surface area (Å²) in [7, 11) is 0. The van der Waals surface area contributed by atoms with Crippen LogP contribution in [0.1, 0.15) is 35.7 Å². The van der Waals surface area contributed by atoms with Gasteiger partial charge >= 0.3 is 5.97 Å². The average molecular weight is 330 g/mol. The molecule has 0 saturated carbocycles. The molecule has 0 amide bonds. The van der Waals surface area contributed by atoms with Crippen LogP contribution >= 0.6 is 0 Å². The fraction of sp³-hybridized carbons (Fsp3) is 0.188. The van der Waals surface area contributed by atoms with Gasteiger partial charge in [-0.15, -0.1) is 0 Å². The van der Waals surface area contributed by atoms with Crippen LogP contribution in [-0.4, -0.2) is 5.97 Å². The monoisotopic (exact) mass is 330 g/mol. The molecule has 2 rings (SSSR count). The van der Waals surface area contributed by atoms with Gasteiger partial charge in [0.15, 0.2) is 23.3 Å². The van der Waals surface area contributed by atoms with E-state index in [9.17, 15) is 26.7 Å². The second kappa shape index (κ2) is 6.36. The Morgan fingerprint density at radius 2 is 1.26 bits per heavy atom. The Kier molecular flexibility index (Phi) is 4.68. The minimum Gasteiger partial charge on any atom is -0.423 e. The summed E-state index contributed by atoms with van der Waals surface area (Å²) in [6.45, 7) is 3.85. The third-order valence-electron chi connectivity index (χ3n) is 3.17. The van der Waals surface area contributed by atoms with Crippen LogP contribution in [0.25, 0.3) is 0 Å². The van der Waals surface area contributed by atoms with Gasteiger partial charge in [0, 0.05) is 0 Å². The normalized spacial score (nSPS) is 11.0. The second-order valence-electron chi connectivity index (χ2n) is 5.06. The molecule has 2 aromatic carbocycles. The van der Waals surface area contributed by atoms with Gasteiger partial charge in [-0.3, -0.25) is 0 Å². The quantitative estimate of drug-likeness (QED) is 0.267. The lowest BCUT2D eigenvalue weighted by molar-refractivity contribution is 0.0721. The molecule has 0 heterocycles. The molecule has 0 radical (unpaired) electrons. The van der Waals surface area contributed by atoms with Gasteiger partial charge in [-0.25, -0.2) is 26.7 Å².